The van der Waals surface area contributed by atoms with Crippen LogP contribution in [0.25, 0.3) is 0 Å². The second kappa shape index (κ2) is 7.45. The first-order valence-electron chi connectivity index (χ1n) is 6.39. The molecule has 0 aliphatic heterocycles. The summed E-state index contributed by atoms with van der Waals surface area (Å²) in [5, 5.41) is 2.94. The first kappa shape index (κ1) is 15.1. The Labute approximate surface area is 115 Å². The summed E-state index contributed by atoms with van der Waals surface area (Å²) in [6.45, 7) is 4.92. The Morgan fingerprint density at radius 2 is 2.26 bits per heavy atom. The maximum Gasteiger partial charge on any atom is 0.317 e. The van der Waals surface area contributed by atoms with E-state index in [1.54, 1.807) is 11.9 Å². The zero-order valence-electron chi connectivity index (χ0n) is 11.7. The Morgan fingerprint density at radius 3 is 2.89 bits per heavy atom. The van der Waals surface area contributed by atoms with Gasteiger partial charge >= 0.3 is 6.03 Å². The van der Waals surface area contributed by atoms with Crippen LogP contribution in [0.5, 0.6) is 0 Å². The molecule has 4 heteroatoms. The van der Waals surface area contributed by atoms with Gasteiger partial charge in [-0.25, -0.2) is 4.79 Å². The van der Waals surface area contributed by atoms with Crippen LogP contribution in [0.1, 0.15) is 31.0 Å². The van der Waals surface area contributed by atoms with Crippen LogP contribution < -0.4 is 11.1 Å². The lowest BCUT2D eigenvalue weighted by atomic mass is 10.1. The van der Waals surface area contributed by atoms with E-state index in [9.17, 15) is 4.79 Å². The number of nitrogens with zero attached hydrogens (tertiary/aromatic N) is 1. The molecule has 102 valence electrons. The van der Waals surface area contributed by atoms with Gasteiger partial charge in [-0.05, 0) is 31.5 Å². The quantitative estimate of drug-likeness (QED) is 0.812. The van der Waals surface area contributed by atoms with E-state index in [-0.39, 0.29) is 12.1 Å². The summed E-state index contributed by atoms with van der Waals surface area (Å²) in [5.74, 6) is 5.81. The van der Waals surface area contributed by atoms with Crippen molar-refractivity contribution in [1.82, 2.24) is 10.2 Å². The molecule has 0 aromatic heterocycles. The van der Waals surface area contributed by atoms with Crippen LogP contribution in [-0.2, 0) is 0 Å². The van der Waals surface area contributed by atoms with E-state index in [4.69, 9.17) is 5.73 Å². The van der Waals surface area contributed by atoms with Crippen molar-refractivity contribution in [2.75, 3.05) is 20.1 Å². The fourth-order valence-electron chi connectivity index (χ4n) is 1.56. The molecule has 1 rings (SSSR count). The topological polar surface area (TPSA) is 58.4 Å². The van der Waals surface area contributed by atoms with Gasteiger partial charge in [0.2, 0.25) is 0 Å². The number of hydrogen-bond acceptors (Lipinski definition) is 2. The molecule has 1 atom stereocenters. The molecule has 0 bridgehead atoms. The standard InChI is InChI=1S/C15H21N3O/c1-4-18(3)15(19)17-12(2)14-9-5-7-13(11-14)8-6-10-16/h5,7,9,11-12H,4,10,16H2,1-3H3,(H,17,19). The summed E-state index contributed by atoms with van der Waals surface area (Å²) in [7, 11) is 1.77. The molecule has 0 aliphatic rings. The molecule has 19 heavy (non-hydrogen) atoms. The van der Waals surface area contributed by atoms with Crippen molar-refractivity contribution >= 4 is 6.03 Å². The Morgan fingerprint density at radius 1 is 1.53 bits per heavy atom. The van der Waals surface area contributed by atoms with Crippen LogP contribution in [0.2, 0.25) is 0 Å². The van der Waals surface area contributed by atoms with Crippen molar-refractivity contribution in [2.45, 2.75) is 19.9 Å². The summed E-state index contributed by atoms with van der Waals surface area (Å²) in [6, 6.07) is 7.68. The Kier molecular flexibility index (Phi) is 5.91. The molecule has 3 N–H and O–H groups in total. The minimum atomic E-state index is -0.0755. The third-order valence-electron chi connectivity index (χ3n) is 2.88. The predicted octanol–water partition coefficient (Wildman–Crippen LogP) is 1.72. The van der Waals surface area contributed by atoms with Gasteiger partial charge in [-0.3, -0.25) is 0 Å². The van der Waals surface area contributed by atoms with Gasteiger partial charge in [-0.15, -0.1) is 0 Å². The lowest BCUT2D eigenvalue weighted by Crippen LogP contribution is -2.38. The van der Waals surface area contributed by atoms with Crippen LogP contribution >= 0.6 is 0 Å². The Hall–Kier alpha value is -1.99. The molecule has 1 aromatic carbocycles. The van der Waals surface area contributed by atoms with Crippen molar-refractivity contribution in [3.8, 4) is 11.8 Å². The largest absolute Gasteiger partial charge is 0.331 e. The van der Waals surface area contributed by atoms with E-state index in [0.29, 0.717) is 13.1 Å². The van der Waals surface area contributed by atoms with Crippen molar-refractivity contribution < 1.29 is 4.79 Å². The van der Waals surface area contributed by atoms with Gasteiger partial charge in [0.25, 0.3) is 0 Å². The Balaban J connectivity index is 2.77. The summed E-state index contributed by atoms with van der Waals surface area (Å²) < 4.78 is 0. The third-order valence-corrected chi connectivity index (χ3v) is 2.88. The fourth-order valence-corrected chi connectivity index (χ4v) is 1.56. The highest BCUT2D eigenvalue weighted by Gasteiger charge is 2.11. The van der Waals surface area contributed by atoms with E-state index < -0.39 is 0 Å². The minimum Gasteiger partial charge on any atom is -0.331 e. The summed E-state index contributed by atoms with van der Waals surface area (Å²) in [6.07, 6.45) is 0. The average molecular weight is 259 g/mol. The normalized spacial score (nSPS) is 11.2. The lowest BCUT2D eigenvalue weighted by Gasteiger charge is -2.20. The maximum absolute atomic E-state index is 11.8. The molecule has 0 saturated carbocycles. The molecule has 0 fully saturated rings. The van der Waals surface area contributed by atoms with Gasteiger partial charge in [0.15, 0.2) is 0 Å². The van der Waals surface area contributed by atoms with Gasteiger partial charge in [0.05, 0.1) is 12.6 Å². The van der Waals surface area contributed by atoms with E-state index in [0.717, 1.165) is 11.1 Å². The first-order chi connectivity index (χ1) is 9.08. The third kappa shape index (κ3) is 4.65. The maximum atomic E-state index is 11.8. The van der Waals surface area contributed by atoms with Crippen LogP contribution in [0.3, 0.4) is 0 Å². The zero-order valence-corrected chi connectivity index (χ0v) is 11.7. The molecule has 0 heterocycles. The summed E-state index contributed by atoms with van der Waals surface area (Å²) in [5.41, 5.74) is 7.29. The van der Waals surface area contributed by atoms with E-state index in [2.05, 4.69) is 17.2 Å². The number of benzene rings is 1. The Bertz CT molecular complexity index is 488. The number of hydrogen-bond donors (Lipinski definition) is 2. The van der Waals surface area contributed by atoms with E-state index in [1.165, 1.54) is 0 Å². The van der Waals surface area contributed by atoms with Crippen molar-refractivity contribution in [2.24, 2.45) is 5.73 Å². The number of carbonyl (C=O) groups excluding carboxylic acids is 1. The first-order valence-corrected chi connectivity index (χ1v) is 6.39. The highest BCUT2D eigenvalue weighted by molar-refractivity contribution is 5.74. The van der Waals surface area contributed by atoms with Crippen LogP contribution in [0.4, 0.5) is 4.79 Å². The van der Waals surface area contributed by atoms with Crippen molar-refractivity contribution in [3.05, 3.63) is 35.4 Å². The van der Waals surface area contributed by atoms with Gasteiger partial charge in [0, 0.05) is 19.2 Å². The van der Waals surface area contributed by atoms with Crippen molar-refractivity contribution in [3.63, 3.8) is 0 Å². The van der Waals surface area contributed by atoms with Gasteiger partial charge in [-0.2, -0.15) is 0 Å². The van der Waals surface area contributed by atoms with E-state index >= 15 is 0 Å². The van der Waals surface area contributed by atoms with Crippen molar-refractivity contribution in [1.29, 1.82) is 0 Å². The number of nitrogens with one attached hydrogen (secondary N) is 1. The summed E-state index contributed by atoms with van der Waals surface area (Å²) in [4.78, 5) is 13.4. The molecule has 1 aromatic rings. The smallest absolute Gasteiger partial charge is 0.317 e. The number of carbonyl (C=O) groups is 1. The number of nitrogens with two attached hydrogens (primary N) is 1. The zero-order chi connectivity index (χ0) is 14.3. The molecule has 0 spiro atoms. The number of urea groups is 1. The second-order valence-corrected chi connectivity index (χ2v) is 4.32. The number of amides is 2. The molecule has 0 saturated heterocycles. The van der Waals surface area contributed by atoms with Crippen LogP contribution in [0, 0.1) is 11.8 Å². The lowest BCUT2D eigenvalue weighted by molar-refractivity contribution is 0.208. The molecular formula is C15H21N3O. The van der Waals surface area contributed by atoms with Crippen LogP contribution in [0.15, 0.2) is 24.3 Å². The molecule has 2 amide bonds. The number of rotatable bonds is 3. The second-order valence-electron chi connectivity index (χ2n) is 4.32. The van der Waals surface area contributed by atoms with Gasteiger partial charge in [0.1, 0.15) is 0 Å². The molecule has 0 radical (unpaired) electrons. The molecular weight excluding hydrogens is 238 g/mol. The highest BCUT2D eigenvalue weighted by Crippen LogP contribution is 2.14. The van der Waals surface area contributed by atoms with E-state index in [1.807, 2.05) is 38.1 Å². The SMILES string of the molecule is CCN(C)C(=O)NC(C)c1cccc(C#CCN)c1. The average Bonchev–Trinajstić information content (AvgIpc) is 2.44. The predicted molar refractivity (Wildman–Crippen MR) is 77.6 cm³/mol. The summed E-state index contributed by atoms with van der Waals surface area (Å²) >= 11 is 0. The van der Waals surface area contributed by atoms with Crippen LogP contribution in [-0.4, -0.2) is 31.1 Å². The molecule has 4 nitrogen and oxygen atoms in total. The highest BCUT2D eigenvalue weighted by atomic mass is 16.2. The molecule has 1 unspecified atom stereocenters. The monoisotopic (exact) mass is 259 g/mol. The van der Waals surface area contributed by atoms with Gasteiger partial charge < -0.3 is 16.0 Å². The fraction of sp³-hybridized carbons (Fsp3) is 0.400. The van der Waals surface area contributed by atoms with Gasteiger partial charge in [-0.1, -0.05) is 24.0 Å². The minimum absolute atomic E-state index is 0.0545. The molecule has 0 aliphatic carbocycles.